The second-order valence-electron chi connectivity index (χ2n) is 4.33. The van der Waals surface area contributed by atoms with Gasteiger partial charge in [0.15, 0.2) is 0 Å². The minimum absolute atomic E-state index is 0.177. The number of nitrogens with zero attached hydrogens (tertiary/aromatic N) is 1. The van der Waals surface area contributed by atoms with Crippen molar-refractivity contribution in [2.75, 3.05) is 19.7 Å². The maximum Gasteiger partial charge on any atom is 0.320 e. The first-order chi connectivity index (χ1) is 7.19. The number of aliphatic carboxylic acids is 1. The lowest BCUT2D eigenvalue weighted by molar-refractivity contribution is -0.143. The third-order valence-electron chi connectivity index (χ3n) is 3.13. The van der Waals surface area contributed by atoms with E-state index in [1.165, 1.54) is 0 Å². The molecule has 0 spiro atoms. The van der Waals surface area contributed by atoms with Crippen molar-refractivity contribution in [3.63, 3.8) is 0 Å². The van der Waals surface area contributed by atoms with Crippen molar-refractivity contribution < 1.29 is 15.0 Å². The number of carbonyl (C=O) groups is 1. The highest BCUT2D eigenvalue weighted by atomic mass is 16.4. The zero-order valence-electron chi connectivity index (χ0n) is 9.35. The maximum atomic E-state index is 11.1. The molecule has 0 aliphatic carbocycles. The van der Waals surface area contributed by atoms with Crippen molar-refractivity contribution in [3.05, 3.63) is 0 Å². The first kappa shape index (κ1) is 12.5. The van der Waals surface area contributed by atoms with Gasteiger partial charge in [-0.05, 0) is 25.3 Å². The van der Waals surface area contributed by atoms with Gasteiger partial charge in [-0.25, -0.2) is 0 Å². The molecule has 1 aliphatic rings. The zero-order valence-corrected chi connectivity index (χ0v) is 9.35. The third kappa shape index (κ3) is 3.47. The molecule has 2 unspecified atom stereocenters. The molecule has 2 atom stereocenters. The van der Waals surface area contributed by atoms with E-state index in [1.54, 1.807) is 0 Å². The zero-order chi connectivity index (χ0) is 11.3. The normalized spacial score (nSPS) is 24.3. The lowest BCUT2D eigenvalue weighted by atomic mass is 10.1. The number of unbranched alkanes of at least 4 members (excludes halogenated alkanes) is 1. The quantitative estimate of drug-likeness (QED) is 0.692. The summed E-state index contributed by atoms with van der Waals surface area (Å²) in [7, 11) is 0. The summed E-state index contributed by atoms with van der Waals surface area (Å²) in [6.07, 6.45) is 3.63. The largest absolute Gasteiger partial charge is 0.480 e. The molecule has 0 aromatic carbocycles. The van der Waals surface area contributed by atoms with Crippen LogP contribution in [0.4, 0.5) is 0 Å². The van der Waals surface area contributed by atoms with Gasteiger partial charge in [0, 0.05) is 13.2 Å². The van der Waals surface area contributed by atoms with Crippen LogP contribution in [-0.4, -0.2) is 46.8 Å². The van der Waals surface area contributed by atoms with Crippen molar-refractivity contribution in [2.45, 2.75) is 38.6 Å². The highest BCUT2D eigenvalue weighted by Gasteiger charge is 2.31. The van der Waals surface area contributed by atoms with Gasteiger partial charge in [0.25, 0.3) is 0 Å². The van der Waals surface area contributed by atoms with Crippen LogP contribution in [0, 0.1) is 5.92 Å². The fourth-order valence-electron chi connectivity index (χ4n) is 2.15. The topological polar surface area (TPSA) is 60.8 Å². The van der Waals surface area contributed by atoms with Crippen LogP contribution < -0.4 is 0 Å². The van der Waals surface area contributed by atoms with Gasteiger partial charge in [-0.15, -0.1) is 0 Å². The SMILES string of the molecule is CCCCC(C(=O)O)N1CCC(CO)C1. The molecule has 1 rings (SSSR count). The van der Waals surface area contributed by atoms with Gasteiger partial charge in [-0.2, -0.15) is 0 Å². The Balaban J connectivity index is 2.46. The Labute approximate surface area is 90.9 Å². The van der Waals surface area contributed by atoms with Crippen LogP contribution in [0.3, 0.4) is 0 Å². The molecule has 15 heavy (non-hydrogen) atoms. The number of hydrogen-bond acceptors (Lipinski definition) is 3. The molecule has 4 heteroatoms. The average molecular weight is 215 g/mol. The standard InChI is InChI=1S/C11H21NO3/c1-2-3-4-10(11(14)15)12-6-5-9(7-12)8-13/h9-10,13H,2-8H2,1H3,(H,14,15). The molecule has 2 N–H and O–H groups in total. The van der Waals surface area contributed by atoms with Gasteiger partial charge in [-0.1, -0.05) is 19.8 Å². The molecule has 4 nitrogen and oxygen atoms in total. The lowest BCUT2D eigenvalue weighted by Crippen LogP contribution is -2.39. The van der Waals surface area contributed by atoms with Gasteiger partial charge >= 0.3 is 5.97 Å². The first-order valence-corrected chi connectivity index (χ1v) is 5.76. The van der Waals surface area contributed by atoms with Crippen molar-refractivity contribution in [3.8, 4) is 0 Å². The molecular weight excluding hydrogens is 194 g/mol. The molecule has 1 fully saturated rings. The highest BCUT2D eigenvalue weighted by molar-refractivity contribution is 5.73. The number of likely N-dealkylation sites (tertiary alicyclic amines) is 1. The van der Waals surface area contributed by atoms with Crippen LogP contribution in [0.1, 0.15) is 32.6 Å². The third-order valence-corrected chi connectivity index (χ3v) is 3.13. The molecule has 88 valence electrons. The van der Waals surface area contributed by atoms with Crippen molar-refractivity contribution in [1.82, 2.24) is 4.90 Å². The summed E-state index contributed by atoms with van der Waals surface area (Å²) in [5.41, 5.74) is 0. The van der Waals surface area contributed by atoms with Gasteiger partial charge in [-0.3, -0.25) is 9.69 Å². The summed E-state index contributed by atoms with van der Waals surface area (Å²) in [6, 6.07) is -0.346. The molecule has 0 radical (unpaired) electrons. The number of hydrogen-bond donors (Lipinski definition) is 2. The van der Waals surface area contributed by atoms with E-state index in [-0.39, 0.29) is 18.6 Å². The molecule has 0 saturated carbocycles. The molecule has 1 heterocycles. The number of carboxylic acid groups (broad SMARTS) is 1. The molecule has 1 saturated heterocycles. The fourth-order valence-corrected chi connectivity index (χ4v) is 2.15. The second kappa shape index (κ2) is 6.08. The number of rotatable bonds is 6. The molecule has 0 aromatic heterocycles. The Morgan fingerprint density at radius 1 is 1.60 bits per heavy atom. The lowest BCUT2D eigenvalue weighted by Gasteiger charge is -2.23. The summed E-state index contributed by atoms with van der Waals surface area (Å²) in [6.45, 7) is 3.79. The molecule has 0 bridgehead atoms. The Morgan fingerprint density at radius 3 is 2.80 bits per heavy atom. The maximum absolute atomic E-state index is 11.1. The number of aliphatic hydroxyl groups excluding tert-OH is 1. The van der Waals surface area contributed by atoms with E-state index in [1.807, 2.05) is 4.90 Å². The predicted octanol–water partition coefficient (Wildman–Crippen LogP) is 0.944. The van der Waals surface area contributed by atoms with Crippen LogP contribution in [0.5, 0.6) is 0 Å². The van der Waals surface area contributed by atoms with Crippen LogP contribution in [0.25, 0.3) is 0 Å². The van der Waals surface area contributed by atoms with E-state index in [0.29, 0.717) is 0 Å². The van der Waals surface area contributed by atoms with Gasteiger partial charge in [0.1, 0.15) is 6.04 Å². The summed E-state index contributed by atoms with van der Waals surface area (Å²) >= 11 is 0. The first-order valence-electron chi connectivity index (χ1n) is 5.76. The minimum Gasteiger partial charge on any atom is -0.480 e. The molecule has 0 aromatic rings. The Bertz CT molecular complexity index is 208. The van der Waals surface area contributed by atoms with E-state index >= 15 is 0 Å². The monoisotopic (exact) mass is 215 g/mol. The minimum atomic E-state index is -0.720. The van der Waals surface area contributed by atoms with Crippen molar-refractivity contribution >= 4 is 5.97 Å². The van der Waals surface area contributed by atoms with E-state index in [2.05, 4.69) is 6.92 Å². The fraction of sp³-hybridized carbons (Fsp3) is 0.909. The van der Waals surface area contributed by atoms with Crippen molar-refractivity contribution in [2.24, 2.45) is 5.92 Å². The number of aliphatic hydroxyl groups is 1. The summed E-state index contributed by atoms with van der Waals surface area (Å²) in [5.74, 6) is -0.449. The predicted molar refractivity (Wildman–Crippen MR) is 57.7 cm³/mol. The van der Waals surface area contributed by atoms with Crippen LogP contribution in [0.2, 0.25) is 0 Å². The smallest absolute Gasteiger partial charge is 0.320 e. The van der Waals surface area contributed by atoms with E-state index < -0.39 is 5.97 Å². The van der Waals surface area contributed by atoms with Gasteiger partial charge in [0.05, 0.1) is 0 Å². The van der Waals surface area contributed by atoms with Crippen LogP contribution in [-0.2, 0) is 4.79 Å². The molecule has 0 amide bonds. The Morgan fingerprint density at radius 2 is 2.33 bits per heavy atom. The summed E-state index contributed by atoms with van der Waals surface area (Å²) in [5, 5.41) is 18.1. The van der Waals surface area contributed by atoms with E-state index in [9.17, 15) is 4.79 Å². The molecule has 1 aliphatic heterocycles. The van der Waals surface area contributed by atoms with Gasteiger partial charge < -0.3 is 10.2 Å². The average Bonchev–Trinajstić information content (AvgIpc) is 2.66. The summed E-state index contributed by atoms with van der Waals surface area (Å²) in [4.78, 5) is 13.1. The summed E-state index contributed by atoms with van der Waals surface area (Å²) < 4.78 is 0. The van der Waals surface area contributed by atoms with Crippen molar-refractivity contribution in [1.29, 1.82) is 0 Å². The van der Waals surface area contributed by atoms with E-state index in [4.69, 9.17) is 10.2 Å². The Kier molecular flexibility index (Phi) is 5.05. The Hall–Kier alpha value is -0.610. The van der Waals surface area contributed by atoms with Crippen LogP contribution >= 0.6 is 0 Å². The number of carboxylic acids is 1. The van der Waals surface area contributed by atoms with E-state index in [0.717, 1.165) is 38.8 Å². The van der Waals surface area contributed by atoms with Crippen LogP contribution in [0.15, 0.2) is 0 Å². The van der Waals surface area contributed by atoms with Gasteiger partial charge in [0.2, 0.25) is 0 Å². The second-order valence-corrected chi connectivity index (χ2v) is 4.33. The molecular formula is C11H21NO3. The highest BCUT2D eigenvalue weighted by Crippen LogP contribution is 2.20.